The van der Waals surface area contributed by atoms with Crippen LogP contribution in [0.15, 0.2) is 48.9 Å². The van der Waals surface area contributed by atoms with Crippen molar-refractivity contribution in [1.82, 2.24) is 9.97 Å². The van der Waals surface area contributed by atoms with Crippen LogP contribution in [-0.4, -0.2) is 15.1 Å². The molecule has 2 aromatic rings. The third kappa shape index (κ3) is 2.87. The second-order valence-corrected chi connectivity index (χ2v) is 3.66. The molecule has 0 radical (unpaired) electrons. The Morgan fingerprint density at radius 3 is 2.56 bits per heavy atom. The van der Waals surface area contributed by atoms with Gasteiger partial charge in [-0.3, -0.25) is 9.97 Å². The monoisotopic (exact) mass is 214 g/mol. The molecule has 1 atom stereocenters. The van der Waals surface area contributed by atoms with Crippen LogP contribution in [0.1, 0.15) is 23.8 Å². The summed E-state index contributed by atoms with van der Waals surface area (Å²) in [5, 5.41) is 9.90. The molecule has 3 heteroatoms. The first-order chi connectivity index (χ1) is 7.86. The Labute approximate surface area is 94.8 Å². The van der Waals surface area contributed by atoms with Crippen molar-refractivity contribution in [1.29, 1.82) is 0 Å². The Bertz CT molecular complexity index is 416. The molecular weight excluding hydrogens is 200 g/mol. The molecule has 0 saturated carbocycles. The quantitative estimate of drug-likeness (QED) is 0.848. The third-order valence-electron chi connectivity index (χ3n) is 2.48. The van der Waals surface area contributed by atoms with Crippen LogP contribution in [0.25, 0.3) is 0 Å². The largest absolute Gasteiger partial charge is 0.387 e. The minimum absolute atomic E-state index is 0.491. The van der Waals surface area contributed by atoms with E-state index in [0.717, 1.165) is 12.1 Å². The summed E-state index contributed by atoms with van der Waals surface area (Å²) in [6.07, 6.45) is 6.26. The Morgan fingerprint density at radius 1 is 1.06 bits per heavy atom. The van der Waals surface area contributed by atoms with Crippen molar-refractivity contribution in [2.24, 2.45) is 0 Å². The molecule has 0 spiro atoms. The topological polar surface area (TPSA) is 46.0 Å². The molecule has 0 aliphatic rings. The zero-order valence-corrected chi connectivity index (χ0v) is 8.95. The normalized spacial score (nSPS) is 12.3. The lowest BCUT2D eigenvalue weighted by molar-refractivity contribution is 0.163. The van der Waals surface area contributed by atoms with Gasteiger partial charge in [-0.1, -0.05) is 6.07 Å². The molecule has 2 heterocycles. The zero-order chi connectivity index (χ0) is 11.2. The van der Waals surface area contributed by atoms with Gasteiger partial charge in [-0.15, -0.1) is 0 Å². The molecule has 2 aromatic heterocycles. The first kappa shape index (κ1) is 10.8. The van der Waals surface area contributed by atoms with Crippen LogP contribution in [0, 0.1) is 0 Å². The zero-order valence-electron chi connectivity index (χ0n) is 8.95. The molecule has 82 valence electrons. The summed E-state index contributed by atoms with van der Waals surface area (Å²) in [5.41, 5.74) is 1.92. The molecule has 3 nitrogen and oxygen atoms in total. The SMILES string of the molecule is OC(CCc1ccncc1)c1ccccn1. The summed E-state index contributed by atoms with van der Waals surface area (Å²) >= 11 is 0. The molecule has 0 bridgehead atoms. The van der Waals surface area contributed by atoms with E-state index in [1.165, 1.54) is 5.56 Å². The number of rotatable bonds is 4. The number of aliphatic hydroxyl groups excluding tert-OH is 1. The van der Waals surface area contributed by atoms with Crippen LogP contribution >= 0.6 is 0 Å². The smallest absolute Gasteiger partial charge is 0.0962 e. The van der Waals surface area contributed by atoms with E-state index in [2.05, 4.69) is 9.97 Å². The summed E-state index contributed by atoms with van der Waals surface area (Å²) < 4.78 is 0. The van der Waals surface area contributed by atoms with E-state index in [-0.39, 0.29) is 0 Å². The van der Waals surface area contributed by atoms with Crippen LogP contribution in [0.5, 0.6) is 0 Å². The number of hydrogen-bond acceptors (Lipinski definition) is 3. The maximum atomic E-state index is 9.90. The van der Waals surface area contributed by atoms with Gasteiger partial charge in [0.25, 0.3) is 0 Å². The summed E-state index contributed by atoms with van der Waals surface area (Å²) in [6, 6.07) is 9.50. The predicted octanol–water partition coefficient (Wildman–Crippen LogP) is 2.14. The lowest BCUT2D eigenvalue weighted by Crippen LogP contribution is -2.01. The minimum Gasteiger partial charge on any atom is -0.387 e. The van der Waals surface area contributed by atoms with E-state index in [9.17, 15) is 5.11 Å². The molecule has 2 rings (SSSR count). The van der Waals surface area contributed by atoms with E-state index in [4.69, 9.17) is 0 Å². The van der Waals surface area contributed by atoms with Gasteiger partial charge in [0.2, 0.25) is 0 Å². The van der Waals surface area contributed by atoms with Gasteiger partial charge in [-0.2, -0.15) is 0 Å². The maximum absolute atomic E-state index is 9.90. The number of nitrogens with zero attached hydrogens (tertiary/aromatic N) is 2. The van der Waals surface area contributed by atoms with E-state index in [1.54, 1.807) is 18.6 Å². The van der Waals surface area contributed by atoms with Crippen molar-refractivity contribution in [3.05, 3.63) is 60.2 Å². The van der Waals surface area contributed by atoms with Crippen LogP contribution in [0.4, 0.5) is 0 Å². The standard InChI is InChI=1S/C13H14N2O/c16-13(12-3-1-2-8-15-12)5-4-11-6-9-14-10-7-11/h1-3,6-10,13,16H,4-5H2. The van der Waals surface area contributed by atoms with Crippen molar-refractivity contribution < 1.29 is 5.11 Å². The molecule has 1 N–H and O–H groups in total. The van der Waals surface area contributed by atoms with E-state index in [1.807, 2.05) is 30.3 Å². The Hall–Kier alpha value is -1.74. The highest BCUT2D eigenvalue weighted by Gasteiger charge is 2.07. The molecule has 1 unspecified atom stereocenters. The number of pyridine rings is 2. The first-order valence-corrected chi connectivity index (χ1v) is 5.34. The minimum atomic E-state index is -0.491. The summed E-state index contributed by atoms with van der Waals surface area (Å²) in [5.74, 6) is 0. The fraction of sp³-hybridized carbons (Fsp3) is 0.231. The molecule has 0 saturated heterocycles. The summed E-state index contributed by atoms with van der Waals surface area (Å²) in [7, 11) is 0. The van der Waals surface area contributed by atoms with E-state index < -0.39 is 6.10 Å². The number of aromatic nitrogens is 2. The van der Waals surface area contributed by atoms with Crippen molar-refractivity contribution >= 4 is 0 Å². The highest BCUT2D eigenvalue weighted by molar-refractivity contribution is 5.11. The molecule has 0 aliphatic heterocycles. The summed E-state index contributed by atoms with van der Waals surface area (Å²) in [4.78, 5) is 8.08. The molecule has 0 amide bonds. The number of hydrogen-bond donors (Lipinski definition) is 1. The Balaban J connectivity index is 1.92. The van der Waals surface area contributed by atoms with Crippen LogP contribution in [-0.2, 0) is 6.42 Å². The number of aryl methyl sites for hydroxylation is 1. The van der Waals surface area contributed by atoms with Gasteiger partial charge in [-0.25, -0.2) is 0 Å². The Morgan fingerprint density at radius 2 is 1.88 bits per heavy atom. The Kier molecular flexibility index (Phi) is 3.62. The average molecular weight is 214 g/mol. The van der Waals surface area contributed by atoms with Gasteiger partial charge < -0.3 is 5.11 Å². The van der Waals surface area contributed by atoms with E-state index in [0.29, 0.717) is 6.42 Å². The van der Waals surface area contributed by atoms with Crippen molar-refractivity contribution in [2.45, 2.75) is 18.9 Å². The maximum Gasteiger partial charge on any atom is 0.0962 e. The van der Waals surface area contributed by atoms with E-state index >= 15 is 0 Å². The number of aliphatic hydroxyl groups is 1. The first-order valence-electron chi connectivity index (χ1n) is 5.34. The molecule has 0 aromatic carbocycles. The van der Waals surface area contributed by atoms with Gasteiger partial charge in [0.15, 0.2) is 0 Å². The van der Waals surface area contributed by atoms with Crippen LogP contribution < -0.4 is 0 Å². The van der Waals surface area contributed by atoms with Crippen molar-refractivity contribution in [2.75, 3.05) is 0 Å². The fourth-order valence-electron chi connectivity index (χ4n) is 1.57. The third-order valence-corrected chi connectivity index (χ3v) is 2.48. The lowest BCUT2D eigenvalue weighted by atomic mass is 10.1. The molecular formula is C13H14N2O. The van der Waals surface area contributed by atoms with Crippen molar-refractivity contribution in [3.8, 4) is 0 Å². The van der Waals surface area contributed by atoms with Gasteiger partial charge in [0.1, 0.15) is 0 Å². The lowest BCUT2D eigenvalue weighted by Gasteiger charge is -2.09. The summed E-state index contributed by atoms with van der Waals surface area (Å²) in [6.45, 7) is 0. The highest BCUT2D eigenvalue weighted by Crippen LogP contribution is 2.16. The van der Waals surface area contributed by atoms with Gasteiger partial charge in [0, 0.05) is 18.6 Å². The predicted molar refractivity (Wildman–Crippen MR) is 61.8 cm³/mol. The van der Waals surface area contributed by atoms with Gasteiger partial charge >= 0.3 is 0 Å². The highest BCUT2D eigenvalue weighted by atomic mass is 16.3. The second-order valence-electron chi connectivity index (χ2n) is 3.66. The molecule has 0 aliphatic carbocycles. The van der Waals surface area contributed by atoms with Crippen LogP contribution in [0.3, 0.4) is 0 Å². The fourth-order valence-corrected chi connectivity index (χ4v) is 1.57. The molecule has 0 fully saturated rings. The van der Waals surface area contributed by atoms with Crippen molar-refractivity contribution in [3.63, 3.8) is 0 Å². The second kappa shape index (κ2) is 5.37. The van der Waals surface area contributed by atoms with Crippen LogP contribution in [0.2, 0.25) is 0 Å². The average Bonchev–Trinajstić information content (AvgIpc) is 2.38. The molecule has 16 heavy (non-hydrogen) atoms. The van der Waals surface area contributed by atoms with Gasteiger partial charge in [-0.05, 0) is 42.7 Å². The van der Waals surface area contributed by atoms with Gasteiger partial charge in [0.05, 0.1) is 11.8 Å².